The minimum absolute atomic E-state index is 0.0826. The molecule has 2 aromatic rings. The fourth-order valence-corrected chi connectivity index (χ4v) is 4.00. The number of nitrogens with zero attached hydrogens (tertiary/aromatic N) is 2. The highest BCUT2D eigenvalue weighted by Gasteiger charge is 2.20. The standard InChI is InChI=1S/C19H24ClN3O3S/c1-25-17-10-18(26-2)16(9-15(17)20)21-19(24)12-23-6-4-22(5-7-23)11-14-3-8-27-13-14/h3,8-10,13H,4-7,11-12H2,1-2H3,(H,21,24). The van der Waals surface area contributed by atoms with Crippen molar-refractivity contribution in [3.63, 3.8) is 0 Å². The number of anilines is 1. The van der Waals surface area contributed by atoms with Crippen LogP contribution in [-0.2, 0) is 11.3 Å². The molecular weight excluding hydrogens is 386 g/mol. The topological polar surface area (TPSA) is 54.0 Å². The number of halogens is 1. The van der Waals surface area contributed by atoms with E-state index < -0.39 is 0 Å². The second kappa shape index (κ2) is 9.41. The molecule has 6 nitrogen and oxygen atoms in total. The summed E-state index contributed by atoms with van der Waals surface area (Å²) in [7, 11) is 3.09. The van der Waals surface area contributed by atoms with E-state index in [-0.39, 0.29) is 5.91 Å². The fourth-order valence-electron chi connectivity index (χ4n) is 3.10. The lowest BCUT2D eigenvalue weighted by Gasteiger charge is -2.34. The van der Waals surface area contributed by atoms with Crippen LogP contribution in [0.4, 0.5) is 5.69 Å². The van der Waals surface area contributed by atoms with Crippen LogP contribution in [0.5, 0.6) is 11.5 Å². The number of carbonyl (C=O) groups excluding carboxylic acids is 1. The lowest BCUT2D eigenvalue weighted by atomic mass is 10.2. The summed E-state index contributed by atoms with van der Waals surface area (Å²) in [5.41, 5.74) is 1.90. The summed E-state index contributed by atoms with van der Waals surface area (Å²) in [6, 6.07) is 5.48. The smallest absolute Gasteiger partial charge is 0.238 e. The molecule has 1 aromatic carbocycles. The van der Waals surface area contributed by atoms with E-state index in [1.807, 2.05) is 0 Å². The number of hydrogen-bond acceptors (Lipinski definition) is 6. The molecule has 1 saturated heterocycles. The number of rotatable bonds is 7. The van der Waals surface area contributed by atoms with Crippen LogP contribution in [0.3, 0.4) is 0 Å². The van der Waals surface area contributed by atoms with Crippen LogP contribution in [0.2, 0.25) is 5.02 Å². The number of nitrogens with one attached hydrogen (secondary N) is 1. The lowest BCUT2D eigenvalue weighted by molar-refractivity contribution is -0.117. The van der Waals surface area contributed by atoms with E-state index in [9.17, 15) is 4.79 Å². The molecule has 0 saturated carbocycles. The summed E-state index contributed by atoms with van der Waals surface area (Å²) in [6.07, 6.45) is 0. The highest BCUT2D eigenvalue weighted by Crippen LogP contribution is 2.35. The van der Waals surface area contributed by atoms with Gasteiger partial charge in [0, 0.05) is 38.8 Å². The predicted octanol–water partition coefficient (Wildman–Crippen LogP) is 3.18. The Labute approximate surface area is 168 Å². The monoisotopic (exact) mass is 409 g/mol. The molecular formula is C19H24ClN3O3S. The maximum absolute atomic E-state index is 12.5. The van der Waals surface area contributed by atoms with Crippen LogP contribution in [0.25, 0.3) is 0 Å². The molecule has 0 unspecified atom stereocenters. The molecule has 1 fully saturated rings. The van der Waals surface area contributed by atoms with Crippen LogP contribution in [0, 0.1) is 0 Å². The molecule has 0 atom stereocenters. The second-order valence-electron chi connectivity index (χ2n) is 6.42. The summed E-state index contributed by atoms with van der Waals surface area (Å²) in [4.78, 5) is 17.0. The van der Waals surface area contributed by atoms with E-state index in [2.05, 4.69) is 31.9 Å². The first-order valence-electron chi connectivity index (χ1n) is 8.76. The Balaban J connectivity index is 1.51. The molecule has 0 aliphatic carbocycles. The molecule has 1 aromatic heterocycles. The van der Waals surface area contributed by atoms with Gasteiger partial charge in [0.15, 0.2) is 0 Å². The van der Waals surface area contributed by atoms with Gasteiger partial charge in [0.1, 0.15) is 11.5 Å². The van der Waals surface area contributed by atoms with E-state index in [1.165, 1.54) is 12.7 Å². The van der Waals surface area contributed by atoms with E-state index in [0.29, 0.717) is 28.8 Å². The highest BCUT2D eigenvalue weighted by molar-refractivity contribution is 7.07. The van der Waals surface area contributed by atoms with Gasteiger partial charge in [-0.3, -0.25) is 14.6 Å². The maximum Gasteiger partial charge on any atom is 0.238 e. The van der Waals surface area contributed by atoms with Gasteiger partial charge >= 0.3 is 0 Å². The summed E-state index contributed by atoms with van der Waals surface area (Å²) in [5, 5.41) is 7.61. The summed E-state index contributed by atoms with van der Waals surface area (Å²) in [6.45, 7) is 4.99. The number of ether oxygens (including phenoxy) is 2. The number of hydrogen-bond donors (Lipinski definition) is 1. The molecule has 1 aliphatic rings. The summed E-state index contributed by atoms with van der Waals surface area (Å²) >= 11 is 7.89. The molecule has 1 N–H and O–H groups in total. The van der Waals surface area contributed by atoms with E-state index in [0.717, 1.165) is 32.7 Å². The fraction of sp³-hybridized carbons (Fsp3) is 0.421. The molecule has 27 heavy (non-hydrogen) atoms. The van der Waals surface area contributed by atoms with Crippen molar-refractivity contribution in [2.24, 2.45) is 0 Å². The zero-order valence-corrected chi connectivity index (χ0v) is 17.1. The van der Waals surface area contributed by atoms with Gasteiger partial charge in [0.05, 0.1) is 31.5 Å². The third-order valence-electron chi connectivity index (χ3n) is 4.57. The lowest BCUT2D eigenvalue weighted by Crippen LogP contribution is -2.48. The number of thiophene rings is 1. The third-order valence-corrected chi connectivity index (χ3v) is 5.59. The SMILES string of the molecule is COc1cc(OC)c(NC(=O)CN2CCN(Cc3ccsc3)CC2)cc1Cl. The number of methoxy groups -OCH3 is 2. The minimum Gasteiger partial charge on any atom is -0.495 e. The molecule has 2 heterocycles. The Kier molecular flexibility index (Phi) is 6.95. The van der Waals surface area contributed by atoms with Crippen molar-refractivity contribution in [1.82, 2.24) is 9.80 Å². The quantitative estimate of drug-likeness (QED) is 0.761. The molecule has 8 heteroatoms. The van der Waals surface area contributed by atoms with Crippen LogP contribution in [0.15, 0.2) is 29.0 Å². The Morgan fingerprint density at radius 2 is 1.85 bits per heavy atom. The van der Waals surface area contributed by atoms with Crippen LogP contribution < -0.4 is 14.8 Å². The molecule has 1 aliphatic heterocycles. The van der Waals surface area contributed by atoms with Crippen molar-refractivity contribution in [1.29, 1.82) is 0 Å². The zero-order valence-electron chi connectivity index (χ0n) is 15.5. The first-order chi connectivity index (χ1) is 13.1. The van der Waals surface area contributed by atoms with Gasteiger partial charge in [0.25, 0.3) is 0 Å². The molecule has 1 amide bonds. The van der Waals surface area contributed by atoms with E-state index in [1.54, 1.807) is 30.6 Å². The van der Waals surface area contributed by atoms with Crippen LogP contribution in [0.1, 0.15) is 5.56 Å². The average molecular weight is 410 g/mol. The van der Waals surface area contributed by atoms with Crippen LogP contribution >= 0.6 is 22.9 Å². The van der Waals surface area contributed by atoms with Crippen molar-refractivity contribution in [3.8, 4) is 11.5 Å². The highest BCUT2D eigenvalue weighted by atomic mass is 35.5. The molecule has 0 radical (unpaired) electrons. The van der Waals surface area contributed by atoms with Gasteiger partial charge in [-0.15, -0.1) is 0 Å². The van der Waals surface area contributed by atoms with Gasteiger partial charge < -0.3 is 14.8 Å². The van der Waals surface area contributed by atoms with Gasteiger partial charge in [-0.25, -0.2) is 0 Å². The number of benzene rings is 1. The Morgan fingerprint density at radius 3 is 2.48 bits per heavy atom. The second-order valence-corrected chi connectivity index (χ2v) is 7.61. The molecule has 3 rings (SSSR count). The van der Waals surface area contributed by atoms with Crippen LogP contribution in [-0.4, -0.2) is 62.7 Å². The predicted molar refractivity (Wildman–Crippen MR) is 109 cm³/mol. The number of amides is 1. The van der Waals surface area contributed by atoms with Gasteiger partial charge in [0.2, 0.25) is 5.91 Å². The Hall–Kier alpha value is -1.80. The Bertz CT molecular complexity index is 762. The van der Waals surface area contributed by atoms with Crippen molar-refractivity contribution in [3.05, 3.63) is 39.5 Å². The van der Waals surface area contributed by atoms with Gasteiger partial charge in [-0.05, 0) is 28.5 Å². The summed E-state index contributed by atoms with van der Waals surface area (Å²) < 4.78 is 10.5. The largest absolute Gasteiger partial charge is 0.495 e. The van der Waals surface area contributed by atoms with Crippen molar-refractivity contribution < 1.29 is 14.3 Å². The molecule has 0 bridgehead atoms. The zero-order chi connectivity index (χ0) is 19.2. The molecule has 0 spiro atoms. The van der Waals surface area contributed by atoms with Crippen molar-refractivity contribution in [2.75, 3.05) is 52.3 Å². The Morgan fingerprint density at radius 1 is 1.15 bits per heavy atom. The first-order valence-corrected chi connectivity index (χ1v) is 10.1. The number of carbonyl (C=O) groups is 1. The van der Waals surface area contributed by atoms with E-state index in [4.69, 9.17) is 21.1 Å². The third kappa shape index (κ3) is 5.35. The summed E-state index contributed by atoms with van der Waals surface area (Å²) in [5.74, 6) is 0.944. The van der Waals surface area contributed by atoms with Gasteiger partial charge in [-0.2, -0.15) is 11.3 Å². The first kappa shape index (κ1) is 19.9. The van der Waals surface area contributed by atoms with Crippen molar-refractivity contribution >= 4 is 34.5 Å². The van der Waals surface area contributed by atoms with E-state index >= 15 is 0 Å². The minimum atomic E-state index is -0.0826. The van der Waals surface area contributed by atoms with Gasteiger partial charge in [-0.1, -0.05) is 11.6 Å². The average Bonchev–Trinajstić information content (AvgIpc) is 3.16. The van der Waals surface area contributed by atoms with Crippen molar-refractivity contribution in [2.45, 2.75) is 6.54 Å². The number of piperazine rings is 1. The normalized spacial score (nSPS) is 15.5. The molecule has 146 valence electrons. The maximum atomic E-state index is 12.5.